The molecule has 1 aliphatic heterocycles. The Morgan fingerprint density at radius 3 is 2.59 bits per heavy atom. The van der Waals surface area contributed by atoms with E-state index in [0.717, 1.165) is 12.1 Å². The number of benzene rings is 2. The van der Waals surface area contributed by atoms with Gasteiger partial charge in [0.05, 0.1) is 0 Å². The fraction of sp³-hybridized carbons (Fsp3) is 0.188. The number of sulfonamides is 1. The van der Waals surface area contributed by atoms with Crippen LogP contribution in [0.3, 0.4) is 0 Å². The summed E-state index contributed by atoms with van der Waals surface area (Å²) in [5.74, 6) is -0.831. The molecular weight excluding hydrogens is 387 g/mol. The van der Waals surface area contributed by atoms with Gasteiger partial charge in [0.2, 0.25) is 0 Å². The molecular formula is C16H14F3N3O4S. The Kier molecular flexibility index (Phi) is 4.64. The molecule has 1 heterocycles. The number of halogens is 3. The van der Waals surface area contributed by atoms with E-state index < -0.39 is 27.0 Å². The molecule has 0 spiro atoms. The Bertz CT molecular complexity index is 993. The van der Waals surface area contributed by atoms with E-state index in [0.29, 0.717) is 11.3 Å². The lowest BCUT2D eigenvalue weighted by Gasteiger charge is -2.26. The molecule has 11 heteroatoms. The van der Waals surface area contributed by atoms with Crippen molar-refractivity contribution < 1.29 is 31.1 Å². The highest BCUT2D eigenvalue weighted by Crippen LogP contribution is 2.32. The molecule has 0 aliphatic carbocycles. The lowest BCUT2D eigenvalue weighted by atomic mass is 10.1. The number of hydrogen-bond acceptors (Lipinski definition) is 4. The summed E-state index contributed by atoms with van der Waals surface area (Å²) in [5.41, 5.74) is 1.32. The number of alkyl halides is 3. The Hall–Kier alpha value is -2.95. The van der Waals surface area contributed by atoms with Crippen molar-refractivity contribution in [2.45, 2.75) is 17.8 Å². The van der Waals surface area contributed by atoms with Crippen LogP contribution >= 0.6 is 0 Å². The van der Waals surface area contributed by atoms with E-state index >= 15 is 0 Å². The molecule has 1 aliphatic rings. The maximum Gasteiger partial charge on any atom is 0.573 e. The second kappa shape index (κ2) is 6.65. The summed E-state index contributed by atoms with van der Waals surface area (Å²) in [5, 5.41) is 2.63. The first-order chi connectivity index (χ1) is 12.5. The number of urea groups is 1. The number of para-hydroxylation sites is 1. The minimum atomic E-state index is -5.03. The van der Waals surface area contributed by atoms with Crippen LogP contribution in [0.2, 0.25) is 0 Å². The van der Waals surface area contributed by atoms with Crippen LogP contribution in [0.5, 0.6) is 5.75 Å². The molecule has 0 fully saturated rings. The zero-order chi connectivity index (χ0) is 19.8. The van der Waals surface area contributed by atoms with Crippen LogP contribution in [0.1, 0.15) is 5.56 Å². The zero-order valence-electron chi connectivity index (χ0n) is 13.9. The first-order valence-electron chi connectivity index (χ1n) is 7.58. The molecule has 0 aromatic heterocycles. The van der Waals surface area contributed by atoms with E-state index in [1.807, 2.05) is 0 Å². The molecule has 7 nitrogen and oxygen atoms in total. The number of anilines is 2. The average molecular weight is 401 g/mol. The molecule has 144 valence electrons. The highest BCUT2D eigenvalue weighted by molar-refractivity contribution is 7.92. The van der Waals surface area contributed by atoms with Crippen molar-refractivity contribution in [3.8, 4) is 5.75 Å². The van der Waals surface area contributed by atoms with E-state index in [9.17, 15) is 26.4 Å². The SMILES string of the molecule is CN1Cc2cc(NS(=O)(=O)c3ccccc3OC(F)(F)F)ccc2NC1=O. The number of hydrogen-bond donors (Lipinski definition) is 2. The predicted molar refractivity (Wildman–Crippen MR) is 90.9 cm³/mol. The highest BCUT2D eigenvalue weighted by Gasteiger charge is 2.34. The van der Waals surface area contributed by atoms with Crippen LogP contribution in [-0.4, -0.2) is 32.8 Å². The summed E-state index contributed by atoms with van der Waals surface area (Å²) < 4.78 is 68.7. The van der Waals surface area contributed by atoms with Gasteiger partial charge < -0.3 is 15.0 Å². The summed E-state index contributed by atoms with van der Waals surface area (Å²) in [7, 11) is -2.77. The van der Waals surface area contributed by atoms with E-state index in [1.54, 1.807) is 7.05 Å². The normalized spacial score (nSPS) is 14.4. The standard InChI is InChI=1S/C16H14F3N3O4S/c1-22-9-10-8-11(6-7-12(10)20-15(22)23)21-27(24,25)14-5-3-2-4-13(14)26-16(17,18)19/h2-8,21H,9H2,1H3,(H,20,23). The van der Waals surface area contributed by atoms with Gasteiger partial charge in [0.1, 0.15) is 10.6 Å². The van der Waals surface area contributed by atoms with Crippen LogP contribution in [-0.2, 0) is 16.6 Å². The van der Waals surface area contributed by atoms with Crippen molar-refractivity contribution in [2.24, 2.45) is 0 Å². The van der Waals surface area contributed by atoms with Crippen molar-refractivity contribution in [1.82, 2.24) is 4.90 Å². The highest BCUT2D eigenvalue weighted by atomic mass is 32.2. The van der Waals surface area contributed by atoms with E-state index in [4.69, 9.17) is 0 Å². The molecule has 0 saturated carbocycles. The van der Waals surface area contributed by atoms with Crippen molar-refractivity contribution >= 4 is 27.4 Å². The minimum absolute atomic E-state index is 0.139. The molecule has 0 radical (unpaired) electrons. The van der Waals surface area contributed by atoms with E-state index in [-0.39, 0.29) is 18.3 Å². The Morgan fingerprint density at radius 2 is 1.89 bits per heavy atom. The first kappa shape index (κ1) is 18.8. The third-order valence-electron chi connectivity index (χ3n) is 3.72. The maximum atomic E-state index is 12.6. The lowest BCUT2D eigenvalue weighted by Crippen LogP contribution is -2.35. The van der Waals surface area contributed by atoms with Crippen molar-refractivity contribution in [2.75, 3.05) is 17.1 Å². The summed E-state index contributed by atoms with van der Waals surface area (Å²) >= 11 is 0. The van der Waals surface area contributed by atoms with Gasteiger partial charge >= 0.3 is 12.4 Å². The van der Waals surface area contributed by atoms with Crippen molar-refractivity contribution in [3.63, 3.8) is 0 Å². The topological polar surface area (TPSA) is 87.7 Å². The lowest BCUT2D eigenvalue weighted by molar-refractivity contribution is -0.275. The zero-order valence-corrected chi connectivity index (χ0v) is 14.7. The molecule has 2 aromatic rings. The number of nitrogens with zero attached hydrogens (tertiary/aromatic N) is 1. The number of fused-ring (bicyclic) bond motifs is 1. The van der Waals surface area contributed by atoms with Gasteiger partial charge in [-0.1, -0.05) is 12.1 Å². The summed E-state index contributed by atoms with van der Waals surface area (Å²) in [6, 6.07) is 8.55. The predicted octanol–water partition coefficient (Wildman–Crippen LogP) is 3.36. The van der Waals surface area contributed by atoms with Gasteiger partial charge in [0.15, 0.2) is 0 Å². The largest absolute Gasteiger partial charge is 0.573 e. The number of nitrogens with one attached hydrogen (secondary N) is 2. The second-order valence-electron chi connectivity index (χ2n) is 5.76. The smallest absolute Gasteiger partial charge is 0.404 e. The maximum absolute atomic E-state index is 12.6. The van der Waals surface area contributed by atoms with Gasteiger partial charge in [-0.2, -0.15) is 0 Å². The van der Waals surface area contributed by atoms with Gasteiger partial charge in [0, 0.05) is 25.0 Å². The molecule has 0 unspecified atom stereocenters. The van der Waals surface area contributed by atoms with Crippen LogP contribution in [0.25, 0.3) is 0 Å². The van der Waals surface area contributed by atoms with Gasteiger partial charge in [0.25, 0.3) is 10.0 Å². The number of carbonyl (C=O) groups is 1. The third-order valence-corrected chi connectivity index (χ3v) is 5.14. The van der Waals surface area contributed by atoms with Gasteiger partial charge in [-0.05, 0) is 35.9 Å². The number of amides is 2. The summed E-state index contributed by atoms with van der Waals surface area (Å²) in [6.45, 7) is 0.254. The molecule has 0 bridgehead atoms. The quantitative estimate of drug-likeness (QED) is 0.822. The van der Waals surface area contributed by atoms with E-state index in [2.05, 4.69) is 14.8 Å². The molecule has 0 saturated heterocycles. The van der Waals surface area contributed by atoms with Gasteiger partial charge in [-0.25, -0.2) is 13.2 Å². The van der Waals surface area contributed by atoms with Gasteiger partial charge in [-0.15, -0.1) is 13.2 Å². The van der Waals surface area contributed by atoms with Crippen molar-refractivity contribution in [3.05, 3.63) is 48.0 Å². The monoisotopic (exact) mass is 401 g/mol. The Balaban J connectivity index is 1.90. The third kappa shape index (κ3) is 4.25. The molecule has 27 heavy (non-hydrogen) atoms. The van der Waals surface area contributed by atoms with Crippen LogP contribution in [0, 0.1) is 0 Å². The minimum Gasteiger partial charge on any atom is -0.404 e. The first-order valence-corrected chi connectivity index (χ1v) is 9.06. The summed E-state index contributed by atoms with van der Waals surface area (Å²) in [4.78, 5) is 12.4. The second-order valence-corrected chi connectivity index (χ2v) is 7.41. The number of ether oxygens (including phenoxy) is 1. The Morgan fingerprint density at radius 1 is 1.19 bits per heavy atom. The van der Waals surface area contributed by atoms with E-state index in [1.165, 1.54) is 35.2 Å². The average Bonchev–Trinajstić information content (AvgIpc) is 2.55. The molecule has 2 N–H and O–H groups in total. The fourth-order valence-electron chi connectivity index (χ4n) is 2.54. The molecule has 3 rings (SSSR count). The van der Waals surface area contributed by atoms with Crippen LogP contribution < -0.4 is 14.8 Å². The van der Waals surface area contributed by atoms with Gasteiger partial charge in [-0.3, -0.25) is 4.72 Å². The molecule has 2 amide bonds. The van der Waals surface area contributed by atoms with Crippen molar-refractivity contribution in [1.29, 1.82) is 0 Å². The van der Waals surface area contributed by atoms with Crippen LogP contribution in [0.4, 0.5) is 29.3 Å². The number of rotatable bonds is 4. The fourth-order valence-corrected chi connectivity index (χ4v) is 3.72. The Labute approximate surface area is 152 Å². The van der Waals surface area contributed by atoms with Crippen LogP contribution in [0.15, 0.2) is 47.4 Å². The molecule has 2 aromatic carbocycles. The summed E-state index contributed by atoms with van der Waals surface area (Å²) in [6.07, 6.45) is -5.03. The number of carbonyl (C=O) groups excluding carboxylic acids is 1. The molecule has 0 atom stereocenters.